The number of nitrogens with zero attached hydrogens (tertiary/aromatic N) is 4. The third-order valence-corrected chi connectivity index (χ3v) is 1.64. The molecule has 0 unspecified atom stereocenters. The molecule has 0 aliphatic carbocycles. The molecule has 1 rings (SSSR count). The molecule has 16 heavy (non-hydrogen) atoms. The molecule has 0 radical (unpaired) electrons. The number of halogens is 1. The average Bonchev–Trinajstić information content (AvgIpc) is 2.26. The quantitative estimate of drug-likeness (QED) is 0.192. The molecule has 0 aromatic heterocycles. The molecule has 1 aromatic carbocycles. The van der Waals surface area contributed by atoms with Crippen molar-refractivity contribution in [1.29, 1.82) is 0 Å². The van der Waals surface area contributed by atoms with E-state index >= 15 is 0 Å². The highest BCUT2D eigenvalue weighted by molar-refractivity contribution is 5.37. The van der Waals surface area contributed by atoms with E-state index in [1.165, 1.54) is 0 Å². The fraction of sp³-hybridized carbons (Fsp3) is 0.250. The average molecular weight is 226 g/mol. The van der Waals surface area contributed by atoms with Gasteiger partial charge in [-0.25, -0.2) is 4.39 Å². The summed E-state index contributed by atoms with van der Waals surface area (Å²) in [5.74, 6) is -0.936. The summed E-state index contributed by atoms with van der Waals surface area (Å²) in [6.07, 6.45) is 0. The number of azide groups is 1. The standard InChI is InChI=1S/C8H7FN4O3/c9-7-5-6(13(14)15)1-2-8(7)16-4-3-11-12-10/h1-2,5H,3-4H2. The molecule has 0 spiro atoms. The van der Waals surface area contributed by atoms with Gasteiger partial charge in [-0.3, -0.25) is 10.1 Å². The van der Waals surface area contributed by atoms with Gasteiger partial charge in [-0.15, -0.1) is 0 Å². The molecule has 8 heteroatoms. The summed E-state index contributed by atoms with van der Waals surface area (Å²) >= 11 is 0. The lowest BCUT2D eigenvalue weighted by Crippen LogP contribution is -2.02. The molecule has 1 aromatic rings. The predicted molar refractivity (Wildman–Crippen MR) is 52.6 cm³/mol. The maximum Gasteiger partial charge on any atom is 0.272 e. The van der Waals surface area contributed by atoms with E-state index in [0.717, 1.165) is 18.2 Å². The van der Waals surface area contributed by atoms with E-state index in [9.17, 15) is 14.5 Å². The zero-order chi connectivity index (χ0) is 12.0. The van der Waals surface area contributed by atoms with Crippen molar-refractivity contribution in [2.24, 2.45) is 5.11 Å². The summed E-state index contributed by atoms with van der Waals surface area (Å²) in [4.78, 5) is 12.1. The van der Waals surface area contributed by atoms with Crippen LogP contribution in [0.3, 0.4) is 0 Å². The Morgan fingerprint density at radius 1 is 1.62 bits per heavy atom. The highest BCUT2D eigenvalue weighted by atomic mass is 19.1. The molecule has 0 fully saturated rings. The van der Waals surface area contributed by atoms with Crippen LogP contribution in [0, 0.1) is 15.9 Å². The number of ether oxygens (including phenoxy) is 1. The van der Waals surface area contributed by atoms with Crippen LogP contribution in [0.2, 0.25) is 0 Å². The Kier molecular flexibility index (Phi) is 4.05. The van der Waals surface area contributed by atoms with Gasteiger partial charge < -0.3 is 4.74 Å². The Hall–Kier alpha value is -2.34. The Morgan fingerprint density at radius 3 is 2.94 bits per heavy atom. The van der Waals surface area contributed by atoms with Gasteiger partial charge in [0.15, 0.2) is 11.6 Å². The van der Waals surface area contributed by atoms with Crippen molar-refractivity contribution in [3.8, 4) is 5.75 Å². The summed E-state index contributed by atoms with van der Waals surface area (Å²) in [5, 5.41) is 13.5. The highest BCUT2D eigenvalue weighted by Gasteiger charge is 2.10. The third kappa shape index (κ3) is 3.10. The van der Waals surface area contributed by atoms with E-state index < -0.39 is 10.7 Å². The summed E-state index contributed by atoms with van der Waals surface area (Å²) in [5.41, 5.74) is 7.62. The predicted octanol–water partition coefficient (Wildman–Crippen LogP) is 2.42. The Labute approximate surface area is 89.2 Å². The lowest BCUT2D eigenvalue weighted by molar-refractivity contribution is -0.385. The number of non-ortho nitro benzene ring substituents is 1. The van der Waals surface area contributed by atoms with Crippen molar-refractivity contribution in [3.05, 3.63) is 44.6 Å². The Bertz CT molecular complexity index is 445. The van der Waals surface area contributed by atoms with E-state index in [0.29, 0.717) is 0 Å². The summed E-state index contributed by atoms with van der Waals surface area (Å²) < 4.78 is 18.1. The van der Waals surface area contributed by atoms with Crippen molar-refractivity contribution in [3.63, 3.8) is 0 Å². The number of nitro groups is 1. The van der Waals surface area contributed by atoms with E-state index in [1.54, 1.807) is 0 Å². The normalized spacial score (nSPS) is 9.31. The van der Waals surface area contributed by atoms with Gasteiger partial charge in [0, 0.05) is 11.0 Å². The molecule has 0 saturated carbocycles. The van der Waals surface area contributed by atoms with Crippen LogP contribution in [0.4, 0.5) is 10.1 Å². The minimum atomic E-state index is -0.824. The van der Waals surface area contributed by atoms with E-state index in [2.05, 4.69) is 10.0 Å². The van der Waals surface area contributed by atoms with E-state index in [-0.39, 0.29) is 24.6 Å². The first-order valence-electron chi connectivity index (χ1n) is 4.22. The molecular weight excluding hydrogens is 219 g/mol. The van der Waals surface area contributed by atoms with Gasteiger partial charge in [0.1, 0.15) is 0 Å². The van der Waals surface area contributed by atoms with Gasteiger partial charge in [0.05, 0.1) is 24.1 Å². The molecule has 0 aliphatic heterocycles. The highest BCUT2D eigenvalue weighted by Crippen LogP contribution is 2.22. The van der Waals surface area contributed by atoms with Crippen LogP contribution < -0.4 is 4.74 Å². The molecule has 0 amide bonds. The summed E-state index contributed by atoms with van der Waals surface area (Å²) in [6.45, 7) is 0.0751. The van der Waals surface area contributed by atoms with Crippen molar-refractivity contribution in [1.82, 2.24) is 0 Å². The van der Waals surface area contributed by atoms with Crippen LogP contribution in [0.1, 0.15) is 0 Å². The molecule has 0 bridgehead atoms. The lowest BCUT2D eigenvalue weighted by Gasteiger charge is -2.04. The van der Waals surface area contributed by atoms with Crippen LogP contribution in [-0.2, 0) is 0 Å². The molecule has 84 valence electrons. The largest absolute Gasteiger partial charge is 0.490 e. The first kappa shape index (κ1) is 11.7. The molecule has 7 nitrogen and oxygen atoms in total. The summed E-state index contributed by atoms with van der Waals surface area (Å²) in [6, 6.07) is 3.05. The van der Waals surface area contributed by atoms with Crippen molar-refractivity contribution >= 4 is 5.69 Å². The lowest BCUT2D eigenvalue weighted by atomic mass is 10.3. The molecule has 0 aliphatic rings. The fourth-order valence-electron chi connectivity index (χ4n) is 0.962. The van der Waals surface area contributed by atoms with Crippen molar-refractivity contribution in [2.45, 2.75) is 0 Å². The second-order valence-electron chi connectivity index (χ2n) is 2.67. The first-order chi connectivity index (χ1) is 7.65. The molecule has 0 heterocycles. The maximum absolute atomic E-state index is 13.2. The van der Waals surface area contributed by atoms with Crippen molar-refractivity contribution < 1.29 is 14.1 Å². The minimum absolute atomic E-state index is 0.0127. The molecule has 0 saturated heterocycles. The SMILES string of the molecule is [N-]=[N+]=NCCOc1ccc([N+](=O)[O-])cc1F. The van der Waals surface area contributed by atoms with Crippen LogP contribution in [0.5, 0.6) is 5.75 Å². The topological polar surface area (TPSA) is 101 Å². The smallest absolute Gasteiger partial charge is 0.272 e. The van der Waals surface area contributed by atoms with Gasteiger partial charge in [-0.05, 0) is 11.6 Å². The fourth-order valence-corrected chi connectivity index (χ4v) is 0.962. The molecular formula is C8H7FN4O3. The third-order valence-electron chi connectivity index (χ3n) is 1.64. The van der Waals surface area contributed by atoms with Gasteiger partial charge in [-0.1, -0.05) is 5.11 Å². The number of hydrogen-bond acceptors (Lipinski definition) is 4. The number of benzene rings is 1. The maximum atomic E-state index is 13.2. The molecule has 0 N–H and O–H groups in total. The van der Waals surface area contributed by atoms with E-state index in [1.807, 2.05) is 0 Å². The van der Waals surface area contributed by atoms with Crippen LogP contribution in [0.15, 0.2) is 23.3 Å². The number of rotatable bonds is 5. The molecule has 0 atom stereocenters. The van der Waals surface area contributed by atoms with Crippen LogP contribution in [0.25, 0.3) is 10.4 Å². The van der Waals surface area contributed by atoms with Crippen LogP contribution in [-0.4, -0.2) is 18.1 Å². The van der Waals surface area contributed by atoms with Gasteiger partial charge in [-0.2, -0.15) is 0 Å². The van der Waals surface area contributed by atoms with Gasteiger partial charge in [0.25, 0.3) is 5.69 Å². The summed E-state index contributed by atoms with van der Waals surface area (Å²) in [7, 11) is 0. The van der Waals surface area contributed by atoms with Crippen LogP contribution >= 0.6 is 0 Å². The Balaban J connectivity index is 2.67. The second-order valence-corrected chi connectivity index (χ2v) is 2.67. The zero-order valence-electron chi connectivity index (χ0n) is 8.04. The second kappa shape index (κ2) is 5.52. The Morgan fingerprint density at radius 2 is 2.38 bits per heavy atom. The van der Waals surface area contributed by atoms with Gasteiger partial charge in [0.2, 0.25) is 0 Å². The van der Waals surface area contributed by atoms with Crippen molar-refractivity contribution in [2.75, 3.05) is 13.2 Å². The minimum Gasteiger partial charge on any atom is -0.490 e. The van der Waals surface area contributed by atoms with E-state index in [4.69, 9.17) is 10.3 Å². The first-order valence-corrected chi connectivity index (χ1v) is 4.22. The monoisotopic (exact) mass is 226 g/mol. The number of nitro benzene ring substituents is 1. The van der Waals surface area contributed by atoms with Gasteiger partial charge >= 0.3 is 0 Å². The zero-order valence-corrected chi connectivity index (χ0v) is 8.04. The number of hydrogen-bond donors (Lipinski definition) is 0.